The van der Waals surface area contributed by atoms with Gasteiger partial charge in [-0.1, -0.05) is 116 Å². The number of nitrogen functional groups attached to an aromatic ring is 1. The lowest BCUT2D eigenvalue weighted by Crippen LogP contribution is -2.57. The molecule has 64 heavy (non-hydrogen) atoms. The van der Waals surface area contributed by atoms with Crippen LogP contribution in [0.15, 0.2) is 127 Å². The van der Waals surface area contributed by atoms with Crippen molar-refractivity contribution in [2.45, 2.75) is 95.0 Å². The lowest BCUT2D eigenvalue weighted by molar-refractivity contribution is -0.253. The number of benzene rings is 5. The predicted molar refractivity (Wildman–Crippen MR) is 250 cm³/mol. The molecule has 6 N–H and O–H groups in total. The van der Waals surface area contributed by atoms with Gasteiger partial charge in [-0.05, 0) is 77.8 Å². The third-order valence-electron chi connectivity index (χ3n) is 12.9. The zero-order valence-corrected chi connectivity index (χ0v) is 36.4. The van der Waals surface area contributed by atoms with Crippen molar-refractivity contribution in [1.29, 1.82) is 0 Å². The highest BCUT2D eigenvalue weighted by molar-refractivity contribution is 5.94. The Bertz CT molecular complexity index is 2330. The fraction of sp³-hybridized carbons (Fsp3) is 0.365. The minimum atomic E-state index is -0.596. The Morgan fingerprint density at radius 2 is 1.44 bits per heavy atom. The molecule has 12 nitrogen and oxygen atoms in total. The lowest BCUT2D eigenvalue weighted by Gasteiger charge is -2.45. The van der Waals surface area contributed by atoms with Gasteiger partial charge in [-0.2, -0.15) is 0 Å². The molecule has 3 saturated heterocycles. The Labute approximate surface area is 376 Å². The molecule has 3 amide bonds. The summed E-state index contributed by atoms with van der Waals surface area (Å²) >= 11 is 0. The van der Waals surface area contributed by atoms with Gasteiger partial charge in [-0.3, -0.25) is 14.4 Å². The third kappa shape index (κ3) is 10.8. The summed E-state index contributed by atoms with van der Waals surface area (Å²) in [5, 5.41) is 18.8. The monoisotopic (exact) mass is 864 g/mol. The highest BCUT2D eigenvalue weighted by Crippen LogP contribution is 2.41. The standard InChI is InChI=1S/C52H60N6O6/c53-45-16-10-11-17-46(45)56-49(61)19-7-2-1-6-18-48(60)54-33-41-12-8-9-15-44(41)38-24-26-40(27-25-38)50-63-43(32-47(64-50)39-22-20-37(35-59)21-23-39)34-57-30-28-52(29-31-57)51(62)55-36-58(52)42-13-4-3-5-14-42/h3-5,8-17,20-27,43,47,50,59H,1-2,6-7,18-19,28-36,53H2,(H,54,60)(H,55,62)(H,56,61)/t43-,47+,50+/m0/s1. The van der Waals surface area contributed by atoms with E-state index in [0.717, 1.165) is 97.2 Å². The van der Waals surface area contributed by atoms with E-state index in [0.29, 0.717) is 43.9 Å². The van der Waals surface area contributed by atoms with Crippen LogP contribution >= 0.6 is 0 Å². The number of carbonyl (C=O) groups excluding carboxylic acids is 3. The van der Waals surface area contributed by atoms with Crippen LogP contribution in [0.4, 0.5) is 17.1 Å². The zero-order valence-electron chi connectivity index (χ0n) is 36.4. The molecule has 3 atom stereocenters. The van der Waals surface area contributed by atoms with Crippen molar-refractivity contribution in [2.75, 3.05) is 42.3 Å². The molecular weight excluding hydrogens is 805 g/mol. The number of anilines is 3. The summed E-state index contributed by atoms with van der Waals surface area (Å²) < 4.78 is 13.5. The molecule has 0 radical (unpaired) electrons. The van der Waals surface area contributed by atoms with Crippen LogP contribution in [-0.4, -0.2) is 65.7 Å². The number of hydrogen-bond acceptors (Lipinski definition) is 9. The first kappa shape index (κ1) is 44.6. The van der Waals surface area contributed by atoms with E-state index >= 15 is 0 Å². The number of amides is 3. The molecule has 0 aromatic heterocycles. The molecular formula is C52H60N6O6. The summed E-state index contributed by atoms with van der Waals surface area (Å²) in [6.45, 7) is 3.19. The van der Waals surface area contributed by atoms with E-state index in [1.807, 2.05) is 72.8 Å². The van der Waals surface area contributed by atoms with E-state index in [4.69, 9.17) is 15.2 Å². The van der Waals surface area contributed by atoms with E-state index in [2.05, 4.69) is 68.2 Å². The van der Waals surface area contributed by atoms with Crippen molar-refractivity contribution in [2.24, 2.45) is 0 Å². The average molecular weight is 865 g/mol. The van der Waals surface area contributed by atoms with Crippen LogP contribution < -0.4 is 26.6 Å². The largest absolute Gasteiger partial charge is 0.397 e. The first-order valence-corrected chi connectivity index (χ1v) is 22.7. The average Bonchev–Trinajstić information content (AvgIpc) is 3.65. The second kappa shape index (κ2) is 21.1. The van der Waals surface area contributed by atoms with E-state index in [9.17, 15) is 19.5 Å². The van der Waals surface area contributed by atoms with E-state index in [-0.39, 0.29) is 36.5 Å². The van der Waals surface area contributed by atoms with Crippen molar-refractivity contribution in [1.82, 2.24) is 15.5 Å². The van der Waals surface area contributed by atoms with Gasteiger partial charge in [0.05, 0.1) is 36.9 Å². The molecule has 0 aliphatic carbocycles. The number of para-hydroxylation sites is 3. The maximum absolute atomic E-state index is 13.3. The molecule has 0 bridgehead atoms. The van der Waals surface area contributed by atoms with E-state index < -0.39 is 11.8 Å². The molecule has 1 spiro atoms. The summed E-state index contributed by atoms with van der Waals surface area (Å²) in [5.74, 6) is 0.0563. The van der Waals surface area contributed by atoms with Crippen molar-refractivity contribution in [3.8, 4) is 11.1 Å². The number of likely N-dealkylation sites (tertiary alicyclic amines) is 1. The smallest absolute Gasteiger partial charge is 0.247 e. The molecule has 8 rings (SSSR count). The molecule has 5 aromatic rings. The second-order valence-electron chi connectivity index (χ2n) is 17.2. The molecule has 3 fully saturated rings. The first-order chi connectivity index (χ1) is 31.3. The maximum Gasteiger partial charge on any atom is 0.247 e. The van der Waals surface area contributed by atoms with Crippen LogP contribution in [-0.2, 0) is 37.0 Å². The SMILES string of the molecule is Nc1ccccc1NC(=O)CCCCCCC(=O)NCc1ccccc1-c1ccc([C@@H]2O[C@H](CN3CCC4(CC3)C(=O)NCN4c3ccccc3)C[C@H](c3ccc(CO)cc3)O2)cc1. The van der Waals surface area contributed by atoms with Crippen molar-refractivity contribution < 1.29 is 29.0 Å². The molecule has 5 aromatic carbocycles. The second-order valence-corrected chi connectivity index (χ2v) is 17.2. The van der Waals surface area contributed by atoms with Gasteiger partial charge in [0.25, 0.3) is 0 Å². The number of hydrogen-bond donors (Lipinski definition) is 5. The molecule has 3 heterocycles. The van der Waals surface area contributed by atoms with Crippen LogP contribution in [0.3, 0.4) is 0 Å². The summed E-state index contributed by atoms with van der Waals surface area (Å²) in [5.41, 5.74) is 13.5. The van der Waals surface area contributed by atoms with Gasteiger partial charge in [0.2, 0.25) is 17.7 Å². The topological polar surface area (TPSA) is 158 Å². The minimum absolute atomic E-state index is 0.00593. The van der Waals surface area contributed by atoms with Gasteiger partial charge >= 0.3 is 0 Å². The molecule has 12 heteroatoms. The maximum atomic E-state index is 13.3. The number of nitrogens with one attached hydrogen (secondary N) is 3. The van der Waals surface area contributed by atoms with Gasteiger partial charge in [-0.25, -0.2) is 0 Å². The first-order valence-electron chi connectivity index (χ1n) is 22.7. The Morgan fingerprint density at radius 3 is 2.17 bits per heavy atom. The Hall–Kier alpha value is -6.05. The van der Waals surface area contributed by atoms with Crippen molar-refractivity contribution >= 4 is 34.8 Å². The molecule has 0 unspecified atom stereocenters. The summed E-state index contributed by atoms with van der Waals surface area (Å²) in [6, 6.07) is 41.8. The molecule has 0 saturated carbocycles. The Balaban J connectivity index is 0.855. The van der Waals surface area contributed by atoms with Gasteiger partial charge < -0.3 is 46.1 Å². The van der Waals surface area contributed by atoms with Crippen LogP contribution in [0.2, 0.25) is 0 Å². The number of nitrogens with zero attached hydrogens (tertiary/aromatic N) is 2. The normalized spacial score (nSPS) is 19.6. The molecule has 334 valence electrons. The van der Waals surface area contributed by atoms with Gasteiger partial charge in [0.1, 0.15) is 5.54 Å². The number of unbranched alkanes of at least 4 members (excludes halogenated alkanes) is 3. The highest BCUT2D eigenvalue weighted by atomic mass is 16.7. The quantitative estimate of drug-likeness (QED) is 0.0462. The van der Waals surface area contributed by atoms with E-state index in [1.165, 1.54) is 0 Å². The number of ether oxygens (including phenoxy) is 2. The van der Waals surface area contributed by atoms with Crippen LogP contribution in [0.5, 0.6) is 0 Å². The van der Waals surface area contributed by atoms with Crippen LogP contribution in [0.25, 0.3) is 11.1 Å². The summed E-state index contributed by atoms with van der Waals surface area (Å²) in [4.78, 5) is 43.2. The van der Waals surface area contributed by atoms with E-state index in [1.54, 1.807) is 12.1 Å². The molecule has 3 aliphatic rings. The number of aliphatic hydroxyl groups excluding tert-OH is 1. The van der Waals surface area contributed by atoms with Crippen molar-refractivity contribution in [3.05, 3.63) is 150 Å². The summed E-state index contributed by atoms with van der Waals surface area (Å²) in [6.07, 6.45) is 5.31. The third-order valence-corrected chi connectivity index (χ3v) is 12.9. The zero-order chi connectivity index (χ0) is 44.3. The number of rotatable bonds is 17. The fourth-order valence-electron chi connectivity index (χ4n) is 9.27. The fourth-order valence-corrected chi connectivity index (χ4v) is 9.27. The number of aliphatic hydroxyl groups is 1. The summed E-state index contributed by atoms with van der Waals surface area (Å²) in [7, 11) is 0. The van der Waals surface area contributed by atoms with Crippen LogP contribution in [0.1, 0.15) is 92.4 Å². The number of carbonyl (C=O) groups is 3. The number of nitrogens with two attached hydrogens (primary N) is 1. The Morgan fingerprint density at radius 1 is 0.766 bits per heavy atom. The van der Waals surface area contributed by atoms with Gasteiger partial charge in [0.15, 0.2) is 6.29 Å². The predicted octanol–water partition coefficient (Wildman–Crippen LogP) is 8.00. The highest BCUT2D eigenvalue weighted by Gasteiger charge is 2.50. The molecule has 3 aliphatic heterocycles. The number of piperidine rings is 1. The van der Waals surface area contributed by atoms with Gasteiger partial charge in [0, 0.05) is 56.7 Å². The van der Waals surface area contributed by atoms with Crippen LogP contribution in [0, 0.1) is 0 Å². The van der Waals surface area contributed by atoms with Gasteiger partial charge in [-0.15, -0.1) is 0 Å². The minimum Gasteiger partial charge on any atom is -0.397 e. The lowest BCUT2D eigenvalue weighted by atomic mass is 9.85. The van der Waals surface area contributed by atoms with Crippen molar-refractivity contribution in [3.63, 3.8) is 0 Å². The Kier molecular flexibility index (Phi) is 14.7.